The molecule has 4 bridgehead atoms. The Kier molecular flexibility index (Phi) is 6.78. The normalized spacial score (nSPS) is 30.0. The SMILES string of the molecule is CC1(C)[C@H]2CCC1(C)[C@@]1(C2)c2ccccc2-c2c1ccc1c2N(c2ccccc2)c2c3c(cc4c2-c2ccccc2[C@@]42C[C@H]4CCC2(C)C4(C)C)N(c2ccccc2)c2ccccc2B13. The Labute approximate surface area is 385 Å². The smallest absolute Gasteiger partial charge is 0.252 e. The monoisotopic (exact) mass is 840 g/mol. The van der Waals surface area contributed by atoms with Crippen LogP contribution in [0.25, 0.3) is 22.3 Å². The summed E-state index contributed by atoms with van der Waals surface area (Å²) in [6, 6.07) is 59.7. The van der Waals surface area contributed by atoms with E-state index in [1.165, 1.54) is 111 Å². The predicted octanol–water partition coefficient (Wildman–Crippen LogP) is 14.0. The van der Waals surface area contributed by atoms with Gasteiger partial charge in [-0.25, -0.2) is 0 Å². The third-order valence-electron chi connectivity index (χ3n) is 21.4. The van der Waals surface area contributed by atoms with Crippen LogP contribution in [-0.2, 0) is 10.8 Å². The second-order valence-electron chi connectivity index (χ2n) is 23.2. The Morgan fingerprint density at radius 3 is 1.52 bits per heavy atom. The predicted molar refractivity (Wildman–Crippen MR) is 271 cm³/mol. The largest absolute Gasteiger partial charge is 0.311 e. The van der Waals surface area contributed by atoms with E-state index >= 15 is 0 Å². The molecule has 318 valence electrons. The molecule has 0 amide bonds. The standard InChI is InChI=1S/C62H57BN2/c1-57(2)38-31-33-59(57,5)61(36-38)44-25-15-13-23-42(44)52-46(61)29-30-49-55(52)65(41-21-11-8-12-22-41)56-53-43-24-14-16-26-45(43)62(37-39-32-34-60(62,6)58(39,3)4)47(53)35-51-54(56)63(49)48-27-17-18-28-50(48)64(51)40-19-9-7-10-20-40/h7-30,35,38-39H,31-34,36-37H2,1-6H3/t38-,39+,59?,60?,61-,62-/m0/s1. The van der Waals surface area contributed by atoms with Crippen molar-refractivity contribution in [3.8, 4) is 22.3 Å². The third kappa shape index (κ3) is 3.86. The molecule has 0 N–H and O–H groups in total. The van der Waals surface area contributed by atoms with Gasteiger partial charge in [0.1, 0.15) is 0 Å². The Hall–Kier alpha value is -5.80. The highest BCUT2D eigenvalue weighted by molar-refractivity contribution is 7.00. The first-order valence-corrected chi connectivity index (χ1v) is 24.9. The molecule has 65 heavy (non-hydrogen) atoms. The molecule has 7 aromatic carbocycles. The van der Waals surface area contributed by atoms with Crippen LogP contribution in [0.1, 0.15) is 102 Å². The van der Waals surface area contributed by atoms with E-state index in [4.69, 9.17) is 0 Å². The van der Waals surface area contributed by atoms with Crippen LogP contribution in [0.4, 0.5) is 34.1 Å². The van der Waals surface area contributed by atoms with Crippen molar-refractivity contribution in [3.05, 3.63) is 174 Å². The van der Waals surface area contributed by atoms with Gasteiger partial charge < -0.3 is 9.80 Å². The molecule has 15 rings (SSSR count). The number of hydrogen-bond acceptors (Lipinski definition) is 2. The first-order chi connectivity index (χ1) is 31.5. The van der Waals surface area contributed by atoms with Crippen molar-refractivity contribution in [1.82, 2.24) is 0 Å². The molecule has 6 atom stereocenters. The Balaban J connectivity index is 1.14. The van der Waals surface area contributed by atoms with Gasteiger partial charge in [0, 0.05) is 50.4 Å². The van der Waals surface area contributed by atoms with Gasteiger partial charge in [0.25, 0.3) is 6.71 Å². The van der Waals surface area contributed by atoms with Gasteiger partial charge in [-0.05, 0) is 158 Å². The minimum absolute atomic E-state index is 0.0404. The Bertz CT molecular complexity index is 3260. The van der Waals surface area contributed by atoms with Gasteiger partial charge in [-0.15, -0.1) is 0 Å². The van der Waals surface area contributed by atoms with E-state index in [9.17, 15) is 0 Å². The maximum absolute atomic E-state index is 2.83. The number of benzene rings is 7. The molecule has 2 heterocycles. The summed E-state index contributed by atoms with van der Waals surface area (Å²) in [6.07, 6.45) is 7.61. The summed E-state index contributed by atoms with van der Waals surface area (Å²) >= 11 is 0. The quantitative estimate of drug-likeness (QED) is 0.160. The maximum Gasteiger partial charge on any atom is 0.252 e. The summed E-state index contributed by atoms with van der Waals surface area (Å²) in [5.41, 5.74) is 24.8. The van der Waals surface area contributed by atoms with Crippen molar-refractivity contribution in [1.29, 1.82) is 0 Å². The lowest BCUT2D eigenvalue weighted by Gasteiger charge is -2.50. The topological polar surface area (TPSA) is 6.48 Å². The highest BCUT2D eigenvalue weighted by Crippen LogP contribution is 2.80. The summed E-state index contributed by atoms with van der Waals surface area (Å²) < 4.78 is 0. The summed E-state index contributed by atoms with van der Waals surface area (Å²) in [5, 5.41) is 0. The lowest BCUT2D eigenvalue weighted by molar-refractivity contribution is 0.0990. The number of para-hydroxylation sites is 3. The molecule has 0 aromatic heterocycles. The number of hydrogen-bond donors (Lipinski definition) is 0. The average molecular weight is 841 g/mol. The first kappa shape index (κ1) is 37.4. The summed E-state index contributed by atoms with van der Waals surface area (Å²) in [5.74, 6) is 1.38. The zero-order chi connectivity index (χ0) is 43.6. The molecule has 2 spiro atoms. The van der Waals surface area contributed by atoms with E-state index in [2.05, 4.69) is 203 Å². The zero-order valence-corrected chi connectivity index (χ0v) is 38.8. The highest BCUT2D eigenvalue weighted by Gasteiger charge is 2.73. The molecular formula is C62H57BN2. The van der Waals surface area contributed by atoms with Crippen LogP contribution in [0.15, 0.2) is 152 Å². The molecule has 2 nitrogen and oxygen atoms in total. The van der Waals surface area contributed by atoms with Gasteiger partial charge in [0.15, 0.2) is 0 Å². The van der Waals surface area contributed by atoms with Crippen molar-refractivity contribution in [2.45, 2.75) is 90.9 Å². The molecule has 2 aliphatic heterocycles. The van der Waals surface area contributed by atoms with Crippen molar-refractivity contribution in [2.24, 2.45) is 33.5 Å². The second-order valence-corrected chi connectivity index (χ2v) is 23.2. The van der Waals surface area contributed by atoms with Crippen molar-refractivity contribution < 1.29 is 0 Å². The summed E-state index contributed by atoms with van der Waals surface area (Å²) in [4.78, 5) is 5.47. The van der Waals surface area contributed by atoms with Crippen molar-refractivity contribution in [2.75, 3.05) is 9.80 Å². The fourth-order valence-corrected chi connectivity index (χ4v) is 17.7. The summed E-state index contributed by atoms with van der Waals surface area (Å²) in [7, 11) is 0. The van der Waals surface area contributed by atoms with Crippen molar-refractivity contribution in [3.63, 3.8) is 0 Å². The Morgan fingerprint density at radius 1 is 0.446 bits per heavy atom. The molecule has 4 fully saturated rings. The Morgan fingerprint density at radius 2 is 0.954 bits per heavy atom. The summed E-state index contributed by atoms with van der Waals surface area (Å²) in [6.45, 7) is 15.9. The molecule has 6 aliphatic carbocycles. The molecule has 8 aliphatic rings. The molecule has 0 saturated heterocycles. The van der Waals surface area contributed by atoms with Gasteiger partial charge in [0.2, 0.25) is 0 Å². The van der Waals surface area contributed by atoms with Crippen LogP contribution in [0.2, 0.25) is 0 Å². The van der Waals surface area contributed by atoms with Crippen LogP contribution < -0.4 is 26.2 Å². The number of nitrogens with zero attached hydrogens (tertiary/aromatic N) is 2. The highest BCUT2D eigenvalue weighted by atomic mass is 15.2. The van der Waals surface area contributed by atoms with Gasteiger partial charge >= 0.3 is 0 Å². The lowest BCUT2D eigenvalue weighted by Crippen LogP contribution is -2.62. The van der Waals surface area contributed by atoms with Crippen LogP contribution in [0.3, 0.4) is 0 Å². The molecule has 0 radical (unpaired) electrons. The fourth-order valence-electron chi connectivity index (χ4n) is 17.7. The van der Waals surface area contributed by atoms with Crippen LogP contribution in [-0.4, -0.2) is 6.71 Å². The van der Waals surface area contributed by atoms with E-state index in [0.29, 0.717) is 11.8 Å². The second kappa shape index (κ2) is 11.8. The number of anilines is 6. The van der Waals surface area contributed by atoms with E-state index in [1.807, 2.05) is 0 Å². The van der Waals surface area contributed by atoms with Gasteiger partial charge in [0.05, 0.1) is 5.69 Å². The zero-order valence-electron chi connectivity index (χ0n) is 38.8. The average Bonchev–Trinajstić information content (AvgIpc) is 4.03. The minimum Gasteiger partial charge on any atom is -0.311 e. The van der Waals surface area contributed by atoms with E-state index in [-0.39, 0.29) is 39.2 Å². The maximum atomic E-state index is 2.83. The number of fused-ring (bicyclic) bond motifs is 22. The van der Waals surface area contributed by atoms with E-state index in [0.717, 1.165) is 0 Å². The number of rotatable bonds is 2. The van der Waals surface area contributed by atoms with Crippen LogP contribution >= 0.6 is 0 Å². The van der Waals surface area contributed by atoms with Crippen LogP contribution in [0, 0.1) is 33.5 Å². The fraction of sp³-hybridized carbons (Fsp3) is 0.323. The van der Waals surface area contributed by atoms with Gasteiger partial charge in [-0.2, -0.15) is 0 Å². The molecule has 3 heteroatoms. The third-order valence-corrected chi connectivity index (χ3v) is 21.4. The molecule has 7 aromatic rings. The van der Waals surface area contributed by atoms with Crippen molar-refractivity contribution >= 4 is 57.2 Å². The van der Waals surface area contributed by atoms with Gasteiger partial charge in [-0.1, -0.05) is 157 Å². The molecule has 2 unspecified atom stereocenters. The van der Waals surface area contributed by atoms with Gasteiger partial charge in [-0.3, -0.25) is 0 Å². The molecule has 4 saturated carbocycles. The molecular weight excluding hydrogens is 784 g/mol. The van der Waals surface area contributed by atoms with Crippen LogP contribution in [0.5, 0.6) is 0 Å². The minimum atomic E-state index is -0.104. The van der Waals surface area contributed by atoms with E-state index < -0.39 is 0 Å². The first-order valence-electron chi connectivity index (χ1n) is 24.9. The lowest BCUT2D eigenvalue weighted by atomic mass is 9.33. The van der Waals surface area contributed by atoms with E-state index in [1.54, 1.807) is 22.3 Å².